The molecule has 0 aliphatic carbocycles. The molecule has 6 heteroatoms. The average molecular weight is 399 g/mol. The molecule has 0 fully saturated rings. The number of amides is 2. The molecule has 6 nitrogen and oxygen atoms in total. The zero-order chi connectivity index (χ0) is 21.1. The topological polar surface area (TPSA) is 67.9 Å². The predicted molar refractivity (Wildman–Crippen MR) is 113 cm³/mol. The number of carbonyl (C=O) groups excluding carboxylic acids is 2. The SMILES string of the molecule is CCC(=O)N(Cc1ccc(OC)cc1)[C@@H](C(=O)NCCCOC)c1ccccc1. The molecular weight excluding hydrogens is 368 g/mol. The van der Waals surface area contributed by atoms with Gasteiger partial charge in [0.2, 0.25) is 11.8 Å². The summed E-state index contributed by atoms with van der Waals surface area (Å²) in [5, 5.41) is 2.95. The first kappa shape index (κ1) is 22.4. The Labute approximate surface area is 172 Å². The maximum Gasteiger partial charge on any atom is 0.247 e. The van der Waals surface area contributed by atoms with Crippen LogP contribution in [0.5, 0.6) is 5.75 Å². The van der Waals surface area contributed by atoms with Crippen LogP contribution in [-0.4, -0.2) is 44.1 Å². The van der Waals surface area contributed by atoms with E-state index in [4.69, 9.17) is 9.47 Å². The van der Waals surface area contributed by atoms with Gasteiger partial charge in [-0.05, 0) is 29.7 Å². The Morgan fingerprint density at radius 3 is 2.31 bits per heavy atom. The highest BCUT2D eigenvalue weighted by Gasteiger charge is 2.30. The lowest BCUT2D eigenvalue weighted by molar-refractivity contribution is -0.141. The van der Waals surface area contributed by atoms with Crippen molar-refractivity contribution in [2.45, 2.75) is 32.4 Å². The molecule has 0 aromatic heterocycles. The van der Waals surface area contributed by atoms with Gasteiger partial charge < -0.3 is 19.7 Å². The first-order valence-corrected chi connectivity index (χ1v) is 9.84. The van der Waals surface area contributed by atoms with Crippen LogP contribution in [-0.2, 0) is 20.9 Å². The minimum atomic E-state index is -0.701. The van der Waals surface area contributed by atoms with E-state index in [1.165, 1.54) is 0 Å². The van der Waals surface area contributed by atoms with Gasteiger partial charge in [-0.2, -0.15) is 0 Å². The van der Waals surface area contributed by atoms with Crippen LogP contribution < -0.4 is 10.1 Å². The summed E-state index contributed by atoms with van der Waals surface area (Å²) in [5.41, 5.74) is 1.72. The summed E-state index contributed by atoms with van der Waals surface area (Å²) >= 11 is 0. The van der Waals surface area contributed by atoms with E-state index in [0.29, 0.717) is 32.5 Å². The van der Waals surface area contributed by atoms with Gasteiger partial charge in [-0.3, -0.25) is 9.59 Å². The molecule has 0 aliphatic heterocycles. The first-order valence-electron chi connectivity index (χ1n) is 9.84. The molecule has 0 heterocycles. The monoisotopic (exact) mass is 398 g/mol. The van der Waals surface area contributed by atoms with Crippen LogP contribution in [0.2, 0.25) is 0 Å². The van der Waals surface area contributed by atoms with Gasteiger partial charge in [-0.25, -0.2) is 0 Å². The number of benzene rings is 2. The molecule has 29 heavy (non-hydrogen) atoms. The quantitative estimate of drug-likeness (QED) is 0.590. The average Bonchev–Trinajstić information content (AvgIpc) is 2.77. The van der Waals surface area contributed by atoms with E-state index in [-0.39, 0.29) is 11.8 Å². The molecule has 1 N–H and O–H groups in total. The zero-order valence-electron chi connectivity index (χ0n) is 17.4. The molecule has 156 valence electrons. The third kappa shape index (κ3) is 6.61. The number of hydrogen-bond acceptors (Lipinski definition) is 4. The van der Waals surface area contributed by atoms with Gasteiger partial charge >= 0.3 is 0 Å². The lowest BCUT2D eigenvalue weighted by Crippen LogP contribution is -2.43. The number of carbonyl (C=O) groups is 2. The first-order chi connectivity index (χ1) is 14.1. The summed E-state index contributed by atoms with van der Waals surface area (Å²) in [7, 11) is 3.24. The zero-order valence-corrected chi connectivity index (χ0v) is 17.4. The normalized spacial score (nSPS) is 11.6. The van der Waals surface area contributed by atoms with Crippen LogP contribution in [0, 0.1) is 0 Å². The van der Waals surface area contributed by atoms with Crippen molar-refractivity contribution in [3.63, 3.8) is 0 Å². The standard InChI is InChI=1S/C23H30N2O4/c1-4-21(26)25(17-18-11-13-20(29-3)14-12-18)22(19-9-6-5-7-10-19)23(27)24-15-8-16-28-2/h5-7,9-14,22H,4,8,15-17H2,1-3H3,(H,24,27)/t22-/m1/s1. The van der Waals surface area contributed by atoms with E-state index in [2.05, 4.69) is 5.32 Å². The van der Waals surface area contributed by atoms with Crippen LogP contribution in [0.4, 0.5) is 0 Å². The Morgan fingerprint density at radius 2 is 1.72 bits per heavy atom. The van der Waals surface area contributed by atoms with E-state index in [1.807, 2.05) is 61.5 Å². The highest BCUT2D eigenvalue weighted by atomic mass is 16.5. The molecule has 0 unspecified atom stereocenters. The van der Waals surface area contributed by atoms with Crippen molar-refractivity contribution in [3.05, 3.63) is 65.7 Å². The van der Waals surface area contributed by atoms with E-state index < -0.39 is 6.04 Å². The molecule has 2 aromatic carbocycles. The third-order valence-electron chi connectivity index (χ3n) is 4.63. The van der Waals surface area contributed by atoms with E-state index in [9.17, 15) is 9.59 Å². The third-order valence-corrected chi connectivity index (χ3v) is 4.63. The fourth-order valence-electron chi connectivity index (χ4n) is 3.09. The Kier molecular flexibility index (Phi) is 9.18. The molecule has 0 spiro atoms. The van der Waals surface area contributed by atoms with Crippen molar-refractivity contribution in [1.82, 2.24) is 10.2 Å². The molecule has 0 aliphatic rings. The van der Waals surface area contributed by atoms with Crippen molar-refractivity contribution < 1.29 is 19.1 Å². The lowest BCUT2D eigenvalue weighted by Gasteiger charge is -2.31. The summed E-state index contributed by atoms with van der Waals surface area (Å²) in [4.78, 5) is 27.6. The van der Waals surface area contributed by atoms with Crippen molar-refractivity contribution in [2.75, 3.05) is 27.4 Å². The highest BCUT2D eigenvalue weighted by Crippen LogP contribution is 2.25. The minimum Gasteiger partial charge on any atom is -0.497 e. The Balaban J connectivity index is 2.30. The van der Waals surface area contributed by atoms with Crippen LogP contribution >= 0.6 is 0 Å². The van der Waals surface area contributed by atoms with E-state index in [0.717, 1.165) is 16.9 Å². The van der Waals surface area contributed by atoms with Crippen molar-refractivity contribution >= 4 is 11.8 Å². The second-order valence-electron chi connectivity index (χ2n) is 6.67. The second-order valence-corrected chi connectivity index (χ2v) is 6.67. The van der Waals surface area contributed by atoms with Gasteiger partial charge in [0.05, 0.1) is 7.11 Å². The van der Waals surface area contributed by atoms with Gasteiger partial charge in [0.25, 0.3) is 0 Å². The van der Waals surface area contributed by atoms with Crippen LogP contribution in [0.25, 0.3) is 0 Å². The van der Waals surface area contributed by atoms with Gasteiger partial charge in [-0.1, -0.05) is 49.4 Å². The molecule has 1 atom stereocenters. The van der Waals surface area contributed by atoms with Crippen LogP contribution in [0.15, 0.2) is 54.6 Å². The van der Waals surface area contributed by atoms with E-state index >= 15 is 0 Å². The molecule has 0 saturated carbocycles. The van der Waals surface area contributed by atoms with E-state index in [1.54, 1.807) is 19.1 Å². The van der Waals surface area contributed by atoms with Gasteiger partial charge in [0, 0.05) is 33.2 Å². The maximum absolute atomic E-state index is 13.1. The van der Waals surface area contributed by atoms with Crippen molar-refractivity contribution in [2.24, 2.45) is 0 Å². The fraction of sp³-hybridized carbons (Fsp3) is 0.391. The van der Waals surface area contributed by atoms with Gasteiger partial charge in [0.15, 0.2) is 0 Å². The van der Waals surface area contributed by atoms with Gasteiger partial charge in [-0.15, -0.1) is 0 Å². The number of nitrogens with one attached hydrogen (secondary N) is 1. The smallest absolute Gasteiger partial charge is 0.247 e. The molecule has 0 bridgehead atoms. The van der Waals surface area contributed by atoms with Crippen molar-refractivity contribution in [1.29, 1.82) is 0 Å². The van der Waals surface area contributed by atoms with Gasteiger partial charge in [0.1, 0.15) is 11.8 Å². The van der Waals surface area contributed by atoms with Crippen LogP contribution in [0.1, 0.15) is 36.9 Å². The largest absolute Gasteiger partial charge is 0.497 e. The molecule has 2 aromatic rings. The fourth-order valence-corrected chi connectivity index (χ4v) is 3.09. The number of nitrogens with zero attached hydrogens (tertiary/aromatic N) is 1. The lowest BCUT2D eigenvalue weighted by atomic mass is 10.0. The summed E-state index contributed by atoms with van der Waals surface area (Å²) in [6.07, 6.45) is 1.03. The highest BCUT2D eigenvalue weighted by molar-refractivity contribution is 5.88. The summed E-state index contributed by atoms with van der Waals surface area (Å²) in [5.74, 6) is 0.474. The van der Waals surface area contributed by atoms with Crippen LogP contribution in [0.3, 0.4) is 0 Å². The number of hydrogen-bond donors (Lipinski definition) is 1. The maximum atomic E-state index is 13.1. The number of methoxy groups -OCH3 is 2. The Morgan fingerprint density at radius 1 is 1.03 bits per heavy atom. The molecular formula is C23H30N2O4. The number of rotatable bonds is 11. The molecule has 0 radical (unpaired) electrons. The second kappa shape index (κ2) is 11.9. The molecule has 2 amide bonds. The Hall–Kier alpha value is -2.86. The Bertz CT molecular complexity index is 762. The molecule has 2 rings (SSSR count). The summed E-state index contributed by atoms with van der Waals surface area (Å²) in [6.45, 7) is 3.20. The molecule has 0 saturated heterocycles. The summed E-state index contributed by atoms with van der Waals surface area (Å²) < 4.78 is 10.3. The van der Waals surface area contributed by atoms with Crippen molar-refractivity contribution in [3.8, 4) is 5.75 Å². The number of ether oxygens (including phenoxy) is 2. The predicted octanol–water partition coefficient (Wildman–Crippen LogP) is 3.33. The minimum absolute atomic E-state index is 0.0817. The summed E-state index contributed by atoms with van der Waals surface area (Å²) in [6, 6.07) is 16.2.